The molecule has 2 N–H and O–H groups in total. The predicted octanol–water partition coefficient (Wildman–Crippen LogP) is 9.27. The fourth-order valence-electron chi connectivity index (χ4n) is 4.94. The van der Waals surface area contributed by atoms with Gasteiger partial charge in [-0.2, -0.15) is 0 Å². The molecule has 3 unspecified atom stereocenters. The molecule has 0 aliphatic rings. The van der Waals surface area contributed by atoms with Gasteiger partial charge in [0.2, 0.25) is 5.91 Å². The van der Waals surface area contributed by atoms with Gasteiger partial charge >= 0.3 is 0 Å². The first kappa shape index (κ1) is 47.2. The number of amides is 1. The highest BCUT2D eigenvalue weighted by Crippen LogP contribution is 2.38. The van der Waals surface area contributed by atoms with Gasteiger partial charge in [0.25, 0.3) is 7.82 Å². The van der Waals surface area contributed by atoms with Crippen LogP contribution >= 0.6 is 7.82 Å². The molecule has 3 atom stereocenters. The van der Waals surface area contributed by atoms with Crippen molar-refractivity contribution < 1.29 is 32.9 Å². The molecule has 0 spiro atoms. The number of carbonyl (C=O) groups is 1. The largest absolute Gasteiger partial charge is 0.756 e. The highest BCUT2D eigenvalue weighted by molar-refractivity contribution is 7.45. The van der Waals surface area contributed by atoms with E-state index in [4.69, 9.17) is 9.05 Å². The molecule has 0 aliphatic carbocycles. The molecule has 0 rings (SSSR count). The molecule has 0 saturated carbocycles. The van der Waals surface area contributed by atoms with E-state index in [0.29, 0.717) is 23.9 Å². The summed E-state index contributed by atoms with van der Waals surface area (Å²) < 4.78 is 23.1. The first-order valence-electron chi connectivity index (χ1n) is 19.1. The smallest absolute Gasteiger partial charge is 0.268 e. The average molecular weight is 709 g/mol. The zero-order chi connectivity index (χ0) is 36.5. The Morgan fingerprint density at radius 1 is 0.735 bits per heavy atom. The average Bonchev–Trinajstić information content (AvgIpc) is 3.04. The highest BCUT2D eigenvalue weighted by Gasteiger charge is 2.24. The number of hydrogen-bond acceptors (Lipinski definition) is 6. The second-order valence-electron chi connectivity index (χ2n) is 13.9. The van der Waals surface area contributed by atoms with Crippen molar-refractivity contribution in [1.29, 1.82) is 0 Å². The number of nitrogens with zero attached hydrogens (tertiary/aromatic N) is 1. The van der Waals surface area contributed by atoms with Crippen LogP contribution in [0.5, 0.6) is 0 Å². The predicted molar refractivity (Wildman–Crippen MR) is 205 cm³/mol. The van der Waals surface area contributed by atoms with Crippen LogP contribution in [0.2, 0.25) is 0 Å². The number of rotatable bonds is 33. The van der Waals surface area contributed by atoms with E-state index >= 15 is 0 Å². The quantitative estimate of drug-likeness (QED) is 0.0305. The second-order valence-corrected chi connectivity index (χ2v) is 15.3. The van der Waals surface area contributed by atoms with Crippen LogP contribution in [0.3, 0.4) is 0 Å². The molecule has 0 saturated heterocycles. The summed E-state index contributed by atoms with van der Waals surface area (Å²) in [6.07, 6.45) is 39.5. The summed E-state index contributed by atoms with van der Waals surface area (Å²) in [4.78, 5) is 25.1. The lowest BCUT2D eigenvalue weighted by atomic mass is 10.0. The Bertz CT molecular complexity index is 986. The van der Waals surface area contributed by atoms with E-state index in [0.717, 1.165) is 77.0 Å². The fourth-order valence-corrected chi connectivity index (χ4v) is 5.67. The Morgan fingerprint density at radius 2 is 1.24 bits per heavy atom. The molecule has 0 heterocycles. The van der Waals surface area contributed by atoms with Crippen LogP contribution in [0, 0.1) is 0 Å². The van der Waals surface area contributed by atoms with Crippen LogP contribution in [-0.4, -0.2) is 68.5 Å². The number of aliphatic hydroxyl groups is 1. The highest BCUT2D eigenvalue weighted by atomic mass is 31.2. The molecule has 49 heavy (non-hydrogen) atoms. The molecule has 0 aromatic rings. The zero-order valence-corrected chi connectivity index (χ0v) is 32.8. The summed E-state index contributed by atoms with van der Waals surface area (Å²) in [6.45, 7) is 4.50. The van der Waals surface area contributed by atoms with E-state index in [1.165, 1.54) is 32.1 Å². The monoisotopic (exact) mass is 709 g/mol. The standard InChI is InChI=1S/C40H73N2O6P/c1-6-8-10-12-14-16-17-18-19-20-21-22-23-24-25-26-28-30-32-34-40(44)41-38(37-48-49(45,46)47-36-35-42(3,4)5)39(43)33-31-29-27-15-13-11-9-7-2/h8,10,14,16,18-19,21-22,24-25,38-39,43H,6-7,9,11-13,15,17,20,23,26-37H2,1-5H3,(H-,41,44,45,46)/b10-8-,16-14-,19-18-,22-21-,25-24-. The van der Waals surface area contributed by atoms with Crippen molar-refractivity contribution in [2.24, 2.45) is 0 Å². The molecule has 0 aliphatic heterocycles. The molecule has 1 amide bonds. The normalized spacial score (nSPS) is 15.3. The van der Waals surface area contributed by atoms with E-state index in [1.54, 1.807) is 0 Å². The van der Waals surface area contributed by atoms with Gasteiger partial charge in [-0.15, -0.1) is 0 Å². The number of likely N-dealkylation sites (N-methyl/N-ethyl adjacent to an activating group) is 1. The van der Waals surface area contributed by atoms with Gasteiger partial charge in [0.15, 0.2) is 0 Å². The lowest BCUT2D eigenvalue weighted by Gasteiger charge is -2.30. The fraction of sp³-hybridized carbons (Fsp3) is 0.725. The van der Waals surface area contributed by atoms with Crippen molar-refractivity contribution in [2.45, 2.75) is 148 Å². The van der Waals surface area contributed by atoms with Crippen LogP contribution in [0.4, 0.5) is 0 Å². The van der Waals surface area contributed by atoms with Gasteiger partial charge < -0.3 is 28.8 Å². The molecule has 0 radical (unpaired) electrons. The Kier molecular flexibility index (Phi) is 31.0. The maximum atomic E-state index is 12.8. The Morgan fingerprint density at radius 3 is 1.80 bits per heavy atom. The molecule has 0 bridgehead atoms. The van der Waals surface area contributed by atoms with E-state index in [2.05, 4.69) is 79.9 Å². The summed E-state index contributed by atoms with van der Waals surface area (Å²) in [6, 6.07) is -0.817. The summed E-state index contributed by atoms with van der Waals surface area (Å²) in [5, 5.41) is 13.7. The van der Waals surface area contributed by atoms with Gasteiger partial charge in [-0.1, -0.05) is 132 Å². The third-order valence-electron chi connectivity index (χ3n) is 8.02. The first-order chi connectivity index (χ1) is 23.5. The molecule has 0 aromatic carbocycles. The van der Waals surface area contributed by atoms with Crippen LogP contribution < -0.4 is 10.2 Å². The molecule has 0 fully saturated rings. The molecular formula is C40H73N2O6P. The number of hydrogen-bond donors (Lipinski definition) is 2. The third-order valence-corrected chi connectivity index (χ3v) is 8.98. The number of nitrogens with one attached hydrogen (secondary N) is 1. The van der Waals surface area contributed by atoms with Crippen molar-refractivity contribution in [3.05, 3.63) is 60.8 Å². The van der Waals surface area contributed by atoms with Crippen molar-refractivity contribution in [2.75, 3.05) is 40.9 Å². The van der Waals surface area contributed by atoms with Crippen LogP contribution in [-0.2, 0) is 18.4 Å². The van der Waals surface area contributed by atoms with E-state index in [-0.39, 0.29) is 19.1 Å². The summed E-state index contributed by atoms with van der Waals surface area (Å²) in [5.41, 5.74) is 0. The third kappa shape index (κ3) is 34.4. The van der Waals surface area contributed by atoms with Crippen LogP contribution in [0.25, 0.3) is 0 Å². The molecule has 9 heteroatoms. The summed E-state index contributed by atoms with van der Waals surface area (Å²) >= 11 is 0. The van der Waals surface area contributed by atoms with Crippen molar-refractivity contribution >= 4 is 13.7 Å². The van der Waals surface area contributed by atoms with Gasteiger partial charge in [0.05, 0.1) is 39.9 Å². The summed E-state index contributed by atoms with van der Waals surface area (Å²) in [7, 11) is 1.26. The summed E-state index contributed by atoms with van der Waals surface area (Å²) in [5.74, 6) is -0.204. The Balaban J connectivity index is 4.46. The number of phosphoric ester groups is 1. The van der Waals surface area contributed by atoms with Gasteiger partial charge in [-0.3, -0.25) is 9.36 Å². The minimum Gasteiger partial charge on any atom is -0.756 e. The topological polar surface area (TPSA) is 108 Å². The SMILES string of the molecule is CC/C=C\C/C=C\C/C=C\C/C=C\C/C=C\CCCCCC(=O)NC(COP(=O)([O-])OCC[N+](C)(C)C)C(O)CCCCCCCCCC. The number of quaternary nitrogens is 1. The Labute approximate surface area is 301 Å². The van der Waals surface area contributed by atoms with Crippen LogP contribution in [0.1, 0.15) is 136 Å². The van der Waals surface area contributed by atoms with Gasteiger partial charge in [0, 0.05) is 6.42 Å². The first-order valence-corrected chi connectivity index (χ1v) is 20.6. The van der Waals surface area contributed by atoms with Gasteiger partial charge in [-0.25, -0.2) is 0 Å². The zero-order valence-electron chi connectivity index (χ0n) is 31.9. The molecule has 8 nitrogen and oxygen atoms in total. The van der Waals surface area contributed by atoms with E-state index in [9.17, 15) is 19.4 Å². The second kappa shape index (κ2) is 32.1. The van der Waals surface area contributed by atoms with Crippen molar-refractivity contribution in [1.82, 2.24) is 5.32 Å². The minimum absolute atomic E-state index is 0.00172. The van der Waals surface area contributed by atoms with Gasteiger partial charge in [-0.05, 0) is 57.8 Å². The number of carbonyl (C=O) groups excluding carboxylic acids is 1. The number of unbranched alkanes of at least 4 members (excludes halogenated alkanes) is 10. The number of allylic oxidation sites excluding steroid dienone is 10. The van der Waals surface area contributed by atoms with E-state index in [1.807, 2.05) is 21.1 Å². The molecular weight excluding hydrogens is 635 g/mol. The Hall–Kier alpha value is -1.80. The maximum Gasteiger partial charge on any atom is 0.268 e. The van der Waals surface area contributed by atoms with Crippen molar-refractivity contribution in [3.8, 4) is 0 Å². The minimum atomic E-state index is -4.56. The van der Waals surface area contributed by atoms with Gasteiger partial charge in [0.1, 0.15) is 13.2 Å². The maximum absolute atomic E-state index is 12.8. The number of aliphatic hydroxyl groups excluding tert-OH is 1. The molecule has 284 valence electrons. The molecule has 0 aromatic heterocycles. The van der Waals surface area contributed by atoms with E-state index < -0.39 is 20.0 Å². The number of phosphoric acid groups is 1. The lowest BCUT2D eigenvalue weighted by Crippen LogP contribution is -2.46. The van der Waals surface area contributed by atoms with Crippen LogP contribution in [0.15, 0.2) is 60.8 Å². The lowest BCUT2D eigenvalue weighted by molar-refractivity contribution is -0.870. The van der Waals surface area contributed by atoms with Crippen molar-refractivity contribution in [3.63, 3.8) is 0 Å².